The maximum absolute atomic E-state index is 12.0. The highest BCUT2D eigenvalue weighted by Gasteiger charge is 2.30. The van der Waals surface area contributed by atoms with E-state index in [1.54, 1.807) is 0 Å². The van der Waals surface area contributed by atoms with Crippen LogP contribution >= 0.6 is 0 Å². The van der Waals surface area contributed by atoms with Crippen molar-refractivity contribution in [2.45, 2.75) is 12.8 Å². The SMILES string of the molecule is O=C(Nc1ccccc1-c1cn2ccccc2n1)C1CC1. The summed E-state index contributed by atoms with van der Waals surface area (Å²) in [5, 5.41) is 3.03. The van der Waals surface area contributed by atoms with Crippen molar-refractivity contribution >= 4 is 17.2 Å². The van der Waals surface area contributed by atoms with Crippen LogP contribution in [-0.2, 0) is 4.79 Å². The minimum Gasteiger partial charge on any atom is -0.325 e. The van der Waals surface area contributed by atoms with Gasteiger partial charge in [-0.25, -0.2) is 4.98 Å². The fourth-order valence-electron chi connectivity index (χ4n) is 2.46. The van der Waals surface area contributed by atoms with Gasteiger partial charge >= 0.3 is 0 Å². The van der Waals surface area contributed by atoms with Gasteiger partial charge in [-0.3, -0.25) is 4.79 Å². The van der Waals surface area contributed by atoms with Crippen LogP contribution in [-0.4, -0.2) is 15.3 Å². The molecular formula is C17H15N3O. The zero-order chi connectivity index (χ0) is 14.2. The summed E-state index contributed by atoms with van der Waals surface area (Å²) in [6.45, 7) is 0. The van der Waals surface area contributed by atoms with Gasteiger partial charge in [-0.1, -0.05) is 24.3 Å². The Morgan fingerprint density at radius 3 is 2.76 bits per heavy atom. The predicted molar refractivity (Wildman–Crippen MR) is 82.0 cm³/mol. The zero-order valence-corrected chi connectivity index (χ0v) is 11.5. The highest BCUT2D eigenvalue weighted by Crippen LogP contribution is 2.32. The van der Waals surface area contributed by atoms with E-state index in [0.717, 1.165) is 35.4 Å². The van der Waals surface area contributed by atoms with E-state index in [4.69, 9.17) is 0 Å². The fourth-order valence-corrected chi connectivity index (χ4v) is 2.46. The van der Waals surface area contributed by atoms with E-state index in [-0.39, 0.29) is 11.8 Å². The topological polar surface area (TPSA) is 46.4 Å². The Morgan fingerprint density at radius 1 is 1.14 bits per heavy atom. The summed E-state index contributed by atoms with van der Waals surface area (Å²) < 4.78 is 1.98. The number of benzene rings is 1. The molecule has 0 saturated heterocycles. The Labute approximate surface area is 122 Å². The third kappa shape index (κ3) is 2.29. The molecule has 0 radical (unpaired) electrons. The number of anilines is 1. The van der Waals surface area contributed by atoms with Crippen LogP contribution in [0, 0.1) is 5.92 Å². The molecule has 0 bridgehead atoms. The van der Waals surface area contributed by atoms with E-state index in [0.29, 0.717) is 0 Å². The van der Waals surface area contributed by atoms with E-state index >= 15 is 0 Å². The van der Waals surface area contributed by atoms with Crippen molar-refractivity contribution in [2.24, 2.45) is 5.92 Å². The smallest absolute Gasteiger partial charge is 0.227 e. The summed E-state index contributed by atoms with van der Waals surface area (Å²) in [7, 11) is 0. The number of rotatable bonds is 3. The van der Waals surface area contributed by atoms with Gasteiger partial charge in [0, 0.05) is 23.9 Å². The first-order chi connectivity index (χ1) is 10.3. The van der Waals surface area contributed by atoms with Gasteiger partial charge in [0.25, 0.3) is 0 Å². The molecule has 1 amide bonds. The van der Waals surface area contributed by atoms with Crippen molar-refractivity contribution in [3.63, 3.8) is 0 Å². The molecule has 1 aliphatic rings. The first kappa shape index (κ1) is 12.1. The molecule has 2 aromatic heterocycles. The van der Waals surface area contributed by atoms with Crippen molar-refractivity contribution in [1.82, 2.24) is 9.38 Å². The van der Waals surface area contributed by atoms with Crippen molar-refractivity contribution in [1.29, 1.82) is 0 Å². The van der Waals surface area contributed by atoms with Gasteiger partial charge in [-0.15, -0.1) is 0 Å². The number of nitrogens with zero attached hydrogens (tertiary/aromatic N) is 2. The molecule has 4 rings (SSSR count). The number of hydrogen-bond acceptors (Lipinski definition) is 2. The molecule has 4 heteroatoms. The average Bonchev–Trinajstić information content (AvgIpc) is 3.27. The van der Waals surface area contributed by atoms with Crippen LogP contribution in [0.3, 0.4) is 0 Å². The van der Waals surface area contributed by atoms with Gasteiger partial charge in [0.15, 0.2) is 0 Å². The minimum atomic E-state index is 0.117. The Kier molecular flexibility index (Phi) is 2.74. The summed E-state index contributed by atoms with van der Waals surface area (Å²) in [4.78, 5) is 16.6. The molecule has 1 fully saturated rings. The number of amides is 1. The molecule has 1 aliphatic carbocycles. The van der Waals surface area contributed by atoms with E-state index in [1.807, 2.05) is 59.3 Å². The lowest BCUT2D eigenvalue weighted by Gasteiger charge is -2.08. The van der Waals surface area contributed by atoms with E-state index < -0.39 is 0 Å². The largest absolute Gasteiger partial charge is 0.325 e. The van der Waals surface area contributed by atoms with Gasteiger partial charge < -0.3 is 9.72 Å². The summed E-state index contributed by atoms with van der Waals surface area (Å²) in [6.07, 6.45) is 5.96. The first-order valence-corrected chi connectivity index (χ1v) is 7.15. The molecular weight excluding hydrogens is 262 g/mol. The van der Waals surface area contributed by atoms with Crippen molar-refractivity contribution in [2.75, 3.05) is 5.32 Å². The Bertz CT molecular complexity index is 785. The Balaban J connectivity index is 1.74. The quantitative estimate of drug-likeness (QED) is 0.798. The number of pyridine rings is 1. The summed E-state index contributed by atoms with van der Waals surface area (Å²) >= 11 is 0. The molecule has 0 spiro atoms. The molecule has 1 N–H and O–H groups in total. The summed E-state index contributed by atoms with van der Waals surface area (Å²) in [5.74, 6) is 0.310. The second-order valence-corrected chi connectivity index (χ2v) is 5.40. The lowest BCUT2D eigenvalue weighted by atomic mass is 10.1. The fraction of sp³-hybridized carbons (Fsp3) is 0.176. The monoisotopic (exact) mass is 277 g/mol. The zero-order valence-electron chi connectivity index (χ0n) is 11.5. The summed E-state index contributed by atoms with van der Waals surface area (Å²) in [6, 6.07) is 13.7. The normalized spacial score (nSPS) is 14.3. The molecule has 0 atom stereocenters. The lowest BCUT2D eigenvalue weighted by Crippen LogP contribution is -2.13. The van der Waals surface area contributed by atoms with Crippen LogP contribution in [0.5, 0.6) is 0 Å². The molecule has 1 saturated carbocycles. The van der Waals surface area contributed by atoms with E-state index in [2.05, 4.69) is 10.3 Å². The highest BCUT2D eigenvalue weighted by molar-refractivity contribution is 5.97. The van der Waals surface area contributed by atoms with Crippen molar-refractivity contribution in [3.8, 4) is 11.3 Å². The molecule has 4 nitrogen and oxygen atoms in total. The average molecular weight is 277 g/mol. The Hall–Kier alpha value is -2.62. The van der Waals surface area contributed by atoms with Crippen LogP contribution in [0.1, 0.15) is 12.8 Å². The molecule has 1 aromatic carbocycles. The molecule has 21 heavy (non-hydrogen) atoms. The van der Waals surface area contributed by atoms with Gasteiger partial charge in [0.05, 0.1) is 11.4 Å². The molecule has 0 aliphatic heterocycles. The first-order valence-electron chi connectivity index (χ1n) is 7.15. The van der Waals surface area contributed by atoms with Gasteiger partial charge in [0.1, 0.15) is 5.65 Å². The summed E-state index contributed by atoms with van der Waals surface area (Å²) in [5.41, 5.74) is 3.55. The van der Waals surface area contributed by atoms with Crippen LogP contribution in [0.15, 0.2) is 54.9 Å². The number of carbonyl (C=O) groups is 1. The number of para-hydroxylation sites is 1. The lowest BCUT2D eigenvalue weighted by molar-refractivity contribution is -0.117. The van der Waals surface area contributed by atoms with Gasteiger partial charge in [-0.2, -0.15) is 0 Å². The molecule has 104 valence electrons. The number of imidazole rings is 1. The maximum atomic E-state index is 12.0. The van der Waals surface area contributed by atoms with Crippen LogP contribution in [0.25, 0.3) is 16.9 Å². The van der Waals surface area contributed by atoms with Crippen LogP contribution in [0.2, 0.25) is 0 Å². The third-order valence-corrected chi connectivity index (χ3v) is 3.77. The van der Waals surface area contributed by atoms with Gasteiger partial charge in [0.2, 0.25) is 5.91 Å². The number of hydrogen-bond donors (Lipinski definition) is 1. The molecule has 3 aromatic rings. The van der Waals surface area contributed by atoms with Gasteiger partial charge in [-0.05, 0) is 31.0 Å². The predicted octanol–water partition coefficient (Wildman–Crippen LogP) is 3.35. The molecule has 2 heterocycles. The second-order valence-electron chi connectivity index (χ2n) is 5.40. The van der Waals surface area contributed by atoms with Crippen molar-refractivity contribution < 1.29 is 4.79 Å². The standard InChI is InChI=1S/C17H15N3O/c21-17(12-8-9-12)19-14-6-2-1-5-13(14)15-11-20-10-4-3-7-16(20)18-15/h1-7,10-12H,8-9H2,(H,19,21). The molecule has 0 unspecified atom stereocenters. The second kappa shape index (κ2) is 4.74. The van der Waals surface area contributed by atoms with E-state index in [9.17, 15) is 4.79 Å². The van der Waals surface area contributed by atoms with Crippen LogP contribution in [0.4, 0.5) is 5.69 Å². The Morgan fingerprint density at radius 2 is 1.95 bits per heavy atom. The highest BCUT2D eigenvalue weighted by atomic mass is 16.2. The number of fused-ring (bicyclic) bond motifs is 1. The maximum Gasteiger partial charge on any atom is 0.227 e. The van der Waals surface area contributed by atoms with Crippen LogP contribution < -0.4 is 5.32 Å². The van der Waals surface area contributed by atoms with Crippen molar-refractivity contribution in [3.05, 3.63) is 54.9 Å². The minimum absolute atomic E-state index is 0.117. The third-order valence-electron chi connectivity index (χ3n) is 3.77. The van der Waals surface area contributed by atoms with E-state index in [1.165, 1.54) is 0 Å². The number of aromatic nitrogens is 2. The number of carbonyl (C=O) groups excluding carboxylic acids is 1. The number of nitrogens with one attached hydrogen (secondary N) is 1.